The molecule has 206 valence electrons. The van der Waals surface area contributed by atoms with Gasteiger partial charge in [-0.15, -0.1) is 0 Å². The van der Waals surface area contributed by atoms with Gasteiger partial charge in [-0.3, -0.25) is 19.2 Å². The second kappa shape index (κ2) is 11.0. The summed E-state index contributed by atoms with van der Waals surface area (Å²) in [6, 6.07) is 9.91. The molecule has 1 N–H and O–H groups in total. The van der Waals surface area contributed by atoms with E-state index in [1.807, 2.05) is 26.0 Å². The number of hydrogen-bond acceptors (Lipinski definition) is 6. The maximum atomic E-state index is 13.8. The fourth-order valence-electron chi connectivity index (χ4n) is 6.01. The van der Waals surface area contributed by atoms with E-state index in [2.05, 4.69) is 10.2 Å². The molecule has 3 atom stereocenters. The van der Waals surface area contributed by atoms with Crippen molar-refractivity contribution < 1.29 is 23.9 Å². The van der Waals surface area contributed by atoms with Crippen LogP contribution in [-0.4, -0.2) is 77.6 Å². The van der Waals surface area contributed by atoms with E-state index in [0.29, 0.717) is 29.7 Å². The first-order valence-electron chi connectivity index (χ1n) is 13.7. The average molecular weight is 534 g/mol. The van der Waals surface area contributed by atoms with Crippen LogP contribution in [0.3, 0.4) is 0 Å². The number of Topliss-reactive ketones (excluding diaryl/α,β-unsaturated/α-hetero) is 1. The molecule has 0 spiro atoms. The minimum Gasteiger partial charge on any atom is -0.618 e. The van der Waals surface area contributed by atoms with Crippen molar-refractivity contribution in [3.63, 3.8) is 0 Å². The second-order valence-corrected chi connectivity index (χ2v) is 11.0. The Hall–Kier alpha value is -3.95. The smallest absolute Gasteiger partial charge is 0.320 e. The van der Waals surface area contributed by atoms with Crippen molar-refractivity contribution in [2.75, 3.05) is 31.1 Å². The monoisotopic (exact) mass is 533 g/mol. The molecule has 3 aliphatic rings. The van der Waals surface area contributed by atoms with Gasteiger partial charge < -0.3 is 25.2 Å². The van der Waals surface area contributed by atoms with Crippen LogP contribution in [-0.2, 0) is 9.59 Å². The molecule has 3 unspecified atom stereocenters. The molecule has 0 aliphatic carbocycles. The van der Waals surface area contributed by atoms with Crippen molar-refractivity contribution in [2.24, 2.45) is 5.92 Å². The Kier molecular flexibility index (Phi) is 7.54. The van der Waals surface area contributed by atoms with Gasteiger partial charge in [-0.2, -0.15) is 4.73 Å². The number of fused-ring (bicyclic) bond motifs is 1. The summed E-state index contributed by atoms with van der Waals surface area (Å²) in [4.78, 5) is 58.3. The van der Waals surface area contributed by atoms with Crippen LogP contribution >= 0.6 is 0 Å². The van der Waals surface area contributed by atoms with Crippen LogP contribution in [0.5, 0.6) is 0 Å². The third kappa shape index (κ3) is 5.32. The highest BCUT2D eigenvalue weighted by Crippen LogP contribution is 2.31. The summed E-state index contributed by atoms with van der Waals surface area (Å²) < 4.78 is 0.490. The molecule has 3 aliphatic heterocycles. The predicted molar refractivity (Wildman–Crippen MR) is 144 cm³/mol. The lowest BCUT2D eigenvalue weighted by atomic mass is 10.0. The number of likely N-dealkylation sites (tertiary alicyclic amines) is 2. The van der Waals surface area contributed by atoms with Crippen molar-refractivity contribution in [1.29, 1.82) is 0 Å². The fourth-order valence-corrected chi connectivity index (χ4v) is 6.01. The van der Waals surface area contributed by atoms with Crippen LogP contribution in [0.15, 0.2) is 48.7 Å². The normalized spacial score (nSPS) is 21.4. The van der Waals surface area contributed by atoms with Crippen molar-refractivity contribution in [2.45, 2.75) is 57.7 Å². The van der Waals surface area contributed by atoms with Crippen LogP contribution in [0, 0.1) is 11.1 Å². The number of anilines is 1. The van der Waals surface area contributed by atoms with E-state index in [4.69, 9.17) is 0 Å². The molecule has 4 heterocycles. The molecule has 10 nitrogen and oxygen atoms in total. The number of nitrogens with one attached hydrogen (secondary N) is 1. The first-order valence-corrected chi connectivity index (χ1v) is 13.7. The van der Waals surface area contributed by atoms with Gasteiger partial charge in [-0.05, 0) is 61.9 Å². The Labute approximate surface area is 228 Å². The minimum absolute atomic E-state index is 0.0589. The molecule has 10 heteroatoms. The molecule has 3 fully saturated rings. The van der Waals surface area contributed by atoms with E-state index >= 15 is 0 Å². The van der Waals surface area contributed by atoms with Crippen LogP contribution in [0.2, 0.25) is 0 Å². The number of amides is 3. The standard InChI is InChI=1S/C29H35N5O5/c1-19(2)17-22(30-27(36)20-8-10-21(11-9-20)31-13-5-6-14-31)28(37)32-16-12-23-26(32)25(35)18-33(23)29(38)24-7-3-4-15-34(24)39/h3-4,7-11,15,19,22-23,26H,5-6,12-14,16-18H2,1-2H3,(H,30,36). The lowest BCUT2D eigenvalue weighted by Crippen LogP contribution is -2.53. The summed E-state index contributed by atoms with van der Waals surface area (Å²) >= 11 is 0. The first-order chi connectivity index (χ1) is 18.7. The number of ketones is 1. The Morgan fingerprint density at radius 2 is 1.74 bits per heavy atom. The molecule has 5 rings (SSSR count). The number of nitrogens with zero attached hydrogens (tertiary/aromatic N) is 4. The first kappa shape index (κ1) is 26.6. The van der Waals surface area contributed by atoms with Crippen LogP contribution in [0.4, 0.5) is 5.69 Å². The Morgan fingerprint density at radius 3 is 2.41 bits per heavy atom. The molecule has 0 saturated carbocycles. The summed E-state index contributed by atoms with van der Waals surface area (Å²) in [6.45, 7) is 6.12. The number of aromatic nitrogens is 1. The van der Waals surface area contributed by atoms with E-state index in [9.17, 15) is 24.4 Å². The number of hydrogen-bond donors (Lipinski definition) is 1. The second-order valence-electron chi connectivity index (χ2n) is 11.0. The third-order valence-electron chi connectivity index (χ3n) is 7.92. The quantitative estimate of drug-likeness (QED) is 0.428. The third-order valence-corrected chi connectivity index (χ3v) is 7.92. The predicted octanol–water partition coefficient (Wildman–Crippen LogP) is 1.76. The van der Waals surface area contributed by atoms with E-state index in [1.165, 1.54) is 41.0 Å². The van der Waals surface area contributed by atoms with E-state index in [0.717, 1.165) is 18.8 Å². The molecule has 39 heavy (non-hydrogen) atoms. The molecule has 3 amide bonds. The summed E-state index contributed by atoms with van der Waals surface area (Å²) in [7, 11) is 0. The number of benzene rings is 1. The van der Waals surface area contributed by atoms with Gasteiger partial charge in [-0.25, -0.2) is 0 Å². The summed E-state index contributed by atoms with van der Waals surface area (Å²) in [5.74, 6) is -1.29. The van der Waals surface area contributed by atoms with Crippen molar-refractivity contribution >= 4 is 29.2 Å². The van der Waals surface area contributed by atoms with Gasteiger partial charge in [0.05, 0.1) is 12.6 Å². The molecule has 2 aromatic rings. The van der Waals surface area contributed by atoms with Crippen LogP contribution < -0.4 is 14.9 Å². The number of carbonyl (C=O) groups excluding carboxylic acids is 4. The molecule has 1 aromatic heterocycles. The lowest BCUT2D eigenvalue weighted by Gasteiger charge is -2.29. The highest BCUT2D eigenvalue weighted by atomic mass is 16.5. The highest BCUT2D eigenvalue weighted by molar-refractivity contribution is 6.02. The average Bonchev–Trinajstić information content (AvgIpc) is 3.67. The molecular weight excluding hydrogens is 498 g/mol. The van der Waals surface area contributed by atoms with Gasteiger partial charge in [-0.1, -0.05) is 13.8 Å². The van der Waals surface area contributed by atoms with Crippen molar-refractivity contribution in [3.8, 4) is 0 Å². The van der Waals surface area contributed by atoms with Gasteiger partial charge in [0.2, 0.25) is 5.91 Å². The Morgan fingerprint density at radius 1 is 1.03 bits per heavy atom. The van der Waals surface area contributed by atoms with E-state index in [1.54, 1.807) is 18.2 Å². The summed E-state index contributed by atoms with van der Waals surface area (Å²) in [5.41, 5.74) is 1.50. The molecule has 1 aromatic carbocycles. The Bertz CT molecular complexity index is 1260. The zero-order valence-corrected chi connectivity index (χ0v) is 22.4. The fraction of sp³-hybridized carbons (Fsp3) is 0.483. The van der Waals surface area contributed by atoms with Gasteiger partial charge in [0.25, 0.3) is 11.6 Å². The van der Waals surface area contributed by atoms with Crippen molar-refractivity contribution in [3.05, 3.63) is 65.1 Å². The van der Waals surface area contributed by atoms with E-state index < -0.39 is 24.0 Å². The maximum absolute atomic E-state index is 13.8. The van der Waals surface area contributed by atoms with Gasteiger partial charge in [0.1, 0.15) is 12.1 Å². The molecule has 0 radical (unpaired) electrons. The molecule has 0 bridgehead atoms. The van der Waals surface area contributed by atoms with Gasteiger partial charge in [0, 0.05) is 43.0 Å². The van der Waals surface area contributed by atoms with Gasteiger partial charge >= 0.3 is 5.91 Å². The largest absolute Gasteiger partial charge is 0.618 e. The Balaban J connectivity index is 1.29. The number of rotatable bonds is 7. The van der Waals surface area contributed by atoms with Crippen LogP contribution in [0.1, 0.15) is 60.4 Å². The number of pyridine rings is 1. The van der Waals surface area contributed by atoms with Crippen LogP contribution in [0.25, 0.3) is 0 Å². The highest BCUT2D eigenvalue weighted by Gasteiger charge is 2.53. The topological polar surface area (TPSA) is 117 Å². The zero-order valence-electron chi connectivity index (χ0n) is 22.4. The van der Waals surface area contributed by atoms with Crippen molar-refractivity contribution in [1.82, 2.24) is 15.1 Å². The zero-order chi connectivity index (χ0) is 27.7. The minimum atomic E-state index is -0.801. The summed E-state index contributed by atoms with van der Waals surface area (Å²) in [6.07, 6.45) is 4.42. The summed E-state index contributed by atoms with van der Waals surface area (Å²) in [5, 5.41) is 15.0. The number of carbonyl (C=O) groups is 4. The lowest BCUT2D eigenvalue weighted by molar-refractivity contribution is -0.608. The molecular formula is C29H35N5O5. The SMILES string of the molecule is CC(C)CC(NC(=O)c1ccc(N2CCCC2)cc1)C(=O)N1CCC2C1C(=O)CN2C(=O)c1cccc[n+]1[O-]. The molecule has 3 saturated heterocycles. The van der Waals surface area contributed by atoms with Gasteiger partial charge in [0.15, 0.2) is 12.0 Å². The maximum Gasteiger partial charge on any atom is 0.320 e. The van der Waals surface area contributed by atoms with E-state index in [-0.39, 0.29) is 35.8 Å².